The van der Waals surface area contributed by atoms with Gasteiger partial charge in [-0.1, -0.05) is 80.4 Å². The smallest absolute Gasteiger partial charge is 0.239 e. The molecule has 4 aromatic rings. The van der Waals surface area contributed by atoms with Crippen molar-refractivity contribution in [1.29, 1.82) is 0 Å². The highest BCUT2D eigenvalue weighted by Crippen LogP contribution is 2.29. The van der Waals surface area contributed by atoms with Gasteiger partial charge < -0.3 is 0 Å². The predicted octanol–water partition coefficient (Wildman–Crippen LogP) is 6.24. The SMILES string of the molecule is CCCCCCN(C(=O)CSc1nncn1-c1ccccc1F)c1nc(-c2ccccc2)cs1. The predicted molar refractivity (Wildman–Crippen MR) is 136 cm³/mol. The molecule has 0 saturated heterocycles. The van der Waals surface area contributed by atoms with E-state index in [0.717, 1.165) is 36.9 Å². The van der Waals surface area contributed by atoms with Gasteiger partial charge in [0.1, 0.15) is 12.1 Å². The second-order valence-corrected chi connectivity index (χ2v) is 9.49. The van der Waals surface area contributed by atoms with Crippen LogP contribution in [0.25, 0.3) is 16.9 Å². The number of benzene rings is 2. The van der Waals surface area contributed by atoms with Gasteiger partial charge in [-0.25, -0.2) is 9.37 Å². The van der Waals surface area contributed by atoms with Gasteiger partial charge >= 0.3 is 0 Å². The number of hydrogen-bond acceptors (Lipinski definition) is 6. The highest BCUT2D eigenvalue weighted by Gasteiger charge is 2.21. The molecule has 0 atom stereocenters. The van der Waals surface area contributed by atoms with E-state index in [9.17, 15) is 9.18 Å². The number of thiazole rings is 1. The van der Waals surface area contributed by atoms with Crippen LogP contribution in [0.3, 0.4) is 0 Å². The number of anilines is 1. The summed E-state index contributed by atoms with van der Waals surface area (Å²) in [5.41, 5.74) is 2.24. The first-order valence-electron chi connectivity index (χ1n) is 11.3. The molecule has 34 heavy (non-hydrogen) atoms. The topological polar surface area (TPSA) is 63.9 Å². The van der Waals surface area contributed by atoms with Crippen LogP contribution in [0.5, 0.6) is 0 Å². The van der Waals surface area contributed by atoms with Crippen molar-refractivity contribution in [3.05, 3.63) is 72.1 Å². The van der Waals surface area contributed by atoms with Crippen molar-refractivity contribution < 1.29 is 9.18 Å². The molecule has 9 heteroatoms. The maximum atomic E-state index is 14.3. The van der Waals surface area contributed by atoms with E-state index in [1.807, 2.05) is 35.7 Å². The summed E-state index contributed by atoms with van der Waals surface area (Å²) in [5.74, 6) is -0.274. The number of aromatic nitrogens is 4. The molecule has 0 N–H and O–H groups in total. The molecule has 0 unspecified atom stereocenters. The minimum atomic E-state index is -0.371. The standard InChI is InChI=1S/C25H26FN5OS2/c1-2-3-4-10-15-30(24-28-21(16-33-24)19-11-6-5-7-12-19)23(32)17-34-25-29-27-18-31(25)22-14-9-8-13-20(22)26/h5-9,11-14,16,18H,2-4,10,15,17H2,1H3. The molecule has 0 saturated carbocycles. The Bertz CT molecular complexity index is 1210. The van der Waals surface area contributed by atoms with Crippen LogP contribution in [0.15, 0.2) is 71.5 Å². The lowest BCUT2D eigenvalue weighted by molar-refractivity contribution is -0.116. The molecular formula is C25H26FN5OS2. The summed E-state index contributed by atoms with van der Waals surface area (Å²) in [7, 11) is 0. The minimum absolute atomic E-state index is 0.0569. The average Bonchev–Trinajstić information content (AvgIpc) is 3.53. The number of thioether (sulfide) groups is 1. The van der Waals surface area contributed by atoms with Gasteiger partial charge in [0.05, 0.1) is 17.1 Å². The van der Waals surface area contributed by atoms with E-state index in [4.69, 9.17) is 4.98 Å². The molecule has 0 spiro atoms. The van der Waals surface area contributed by atoms with Crippen LogP contribution >= 0.6 is 23.1 Å². The van der Waals surface area contributed by atoms with Gasteiger partial charge in [0.15, 0.2) is 10.3 Å². The Morgan fingerprint density at radius 3 is 2.68 bits per heavy atom. The molecule has 6 nitrogen and oxygen atoms in total. The van der Waals surface area contributed by atoms with Gasteiger partial charge in [0.25, 0.3) is 0 Å². The van der Waals surface area contributed by atoms with Gasteiger partial charge in [-0.05, 0) is 18.6 Å². The summed E-state index contributed by atoms with van der Waals surface area (Å²) in [6.45, 7) is 2.78. The first-order chi connectivity index (χ1) is 16.7. The van der Waals surface area contributed by atoms with E-state index < -0.39 is 0 Å². The summed E-state index contributed by atoms with van der Waals surface area (Å²) in [5, 5.41) is 11.2. The number of unbranched alkanes of at least 4 members (excludes halogenated alkanes) is 3. The zero-order chi connectivity index (χ0) is 23.8. The van der Waals surface area contributed by atoms with E-state index in [1.54, 1.807) is 27.7 Å². The zero-order valence-corrected chi connectivity index (χ0v) is 20.6. The highest BCUT2D eigenvalue weighted by molar-refractivity contribution is 7.99. The fraction of sp³-hybridized carbons (Fsp3) is 0.280. The number of para-hydroxylation sites is 1. The number of halogens is 1. The van der Waals surface area contributed by atoms with Crippen LogP contribution in [0.1, 0.15) is 32.6 Å². The van der Waals surface area contributed by atoms with Crippen molar-refractivity contribution in [2.75, 3.05) is 17.2 Å². The third-order valence-corrected chi connectivity index (χ3v) is 7.07. The van der Waals surface area contributed by atoms with E-state index in [2.05, 4.69) is 17.1 Å². The average molecular weight is 496 g/mol. The number of carbonyl (C=O) groups excluding carboxylic acids is 1. The van der Waals surface area contributed by atoms with Crippen LogP contribution in [0.4, 0.5) is 9.52 Å². The van der Waals surface area contributed by atoms with Crippen LogP contribution in [-0.2, 0) is 4.79 Å². The Labute approximate surface area is 206 Å². The Hall–Kier alpha value is -3.04. The lowest BCUT2D eigenvalue weighted by Crippen LogP contribution is -2.33. The molecule has 0 aliphatic carbocycles. The number of carbonyl (C=O) groups is 1. The summed E-state index contributed by atoms with van der Waals surface area (Å²) >= 11 is 2.72. The normalized spacial score (nSPS) is 11.0. The number of hydrogen-bond donors (Lipinski definition) is 0. The Morgan fingerprint density at radius 1 is 1.09 bits per heavy atom. The molecule has 176 valence electrons. The molecule has 0 bridgehead atoms. The van der Waals surface area contributed by atoms with E-state index >= 15 is 0 Å². The summed E-state index contributed by atoms with van der Waals surface area (Å²) in [6.07, 6.45) is 5.70. The largest absolute Gasteiger partial charge is 0.287 e. The van der Waals surface area contributed by atoms with Crippen molar-refractivity contribution in [3.8, 4) is 16.9 Å². The number of rotatable bonds is 11. The second-order valence-electron chi connectivity index (χ2n) is 7.71. The fourth-order valence-electron chi connectivity index (χ4n) is 3.49. The molecule has 0 radical (unpaired) electrons. The monoisotopic (exact) mass is 495 g/mol. The molecule has 2 heterocycles. The summed E-state index contributed by atoms with van der Waals surface area (Å²) in [6, 6.07) is 16.4. The van der Waals surface area contributed by atoms with E-state index in [1.165, 1.54) is 35.5 Å². The van der Waals surface area contributed by atoms with Gasteiger partial charge in [0.2, 0.25) is 5.91 Å². The van der Waals surface area contributed by atoms with Gasteiger partial charge in [0, 0.05) is 17.5 Å². The van der Waals surface area contributed by atoms with Crippen LogP contribution in [0.2, 0.25) is 0 Å². The quantitative estimate of drug-likeness (QED) is 0.182. The number of nitrogens with zero attached hydrogens (tertiary/aromatic N) is 5. The fourth-order valence-corrected chi connectivity index (χ4v) is 5.17. The molecule has 2 aromatic carbocycles. The molecular weight excluding hydrogens is 469 g/mol. The van der Waals surface area contributed by atoms with E-state index in [0.29, 0.717) is 22.5 Å². The van der Waals surface area contributed by atoms with Crippen molar-refractivity contribution in [2.24, 2.45) is 0 Å². The van der Waals surface area contributed by atoms with Crippen LogP contribution in [-0.4, -0.2) is 38.0 Å². The van der Waals surface area contributed by atoms with Gasteiger partial charge in [-0.2, -0.15) is 0 Å². The lowest BCUT2D eigenvalue weighted by Gasteiger charge is -2.19. The van der Waals surface area contributed by atoms with Gasteiger partial charge in [-0.15, -0.1) is 21.5 Å². The first-order valence-corrected chi connectivity index (χ1v) is 13.1. The molecule has 1 amide bonds. The lowest BCUT2D eigenvalue weighted by atomic mass is 10.2. The molecule has 4 rings (SSSR count). The summed E-state index contributed by atoms with van der Waals surface area (Å²) in [4.78, 5) is 19.8. The maximum absolute atomic E-state index is 14.3. The first kappa shape index (κ1) is 24.1. The maximum Gasteiger partial charge on any atom is 0.239 e. The third-order valence-electron chi connectivity index (χ3n) is 5.28. The Balaban J connectivity index is 1.49. The third kappa shape index (κ3) is 5.90. The van der Waals surface area contributed by atoms with Crippen molar-refractivity contribution >= 4 is 34.1 Å². The number of amides is 1. The molecule has 0 aliphatic heterocycles. The second kappa shape index (κ2) is 11.9. The molecule has 0 fully saturated rings. The zero-order valence-electron chi connectivity index (χ0n) is 18.9. The molecule has 2 aromatic heterocycles. The summed E-state index contributed by atoms with van der Waals surface area (Å²) < 4.78 is 15.8. The van der Waals surface area contributed by atoms with Crippen LogP contribution in [0, 0.1) is 5.82 Å². The Kier molecular flexibility index (Phi) is 8.43. The van der Waals surface area contributed by atoms with Crippen molar-refractivity contribution in [1.82, 2.24) is 19.7 Å². The van der Waals surface area contributed by atoms with Crippen molar-refractivity contribution in [2.45, 2.75) is 37.8 Å². The van der Waals surface area contributed by atoms with Gasteiger partial charge in [-0.3, -0.25) is 14.3 Å². The van der Waals surface area contributed by atoms with Crippen LogP contribution < -0.4 is 4.90 Å². The minimum Gasteiger partial charge on any atom is -0.287 e. The molecule has 0 aliphatic rings. The Morgan fingerprint density at radius 2 is 1.88 bits per heavy atom. The highest BCUT2D eigenvalue weighted by atomic mass is 32.2. The van der Waals surface area contributed by atoms with Crippen molar-refractivity contribution in [3.63, 3.8) is 0 Å². The van der Waals surface area contributed by atoms with E-state index in [-0.39, 0.29) is 17.5 Å².